The molecular weight excluding hydrogens is 290 g/mol. The molecule has 2 aromatic rings. The molecule has 0 unspecified atom stereocenters. The molecular formula is C16H18F2N2O2. The van der Waals surface area contributed by atoms with Crippen molar-refractivity contribution in [2.45, 2.75) is 39.0 Å². The molecule has 2 atom stereocenters. The molecule has 3 rings (SSSR count). The summed E-state index contributed by atoms with van der Waals surface area (Å²) in [5.41, 5.74) is 1.07. The van der Waals surface area contributed by atoms with Crippen molar-refractivity contribution in [2.24, 2.45) is 0 Å². The quantitative estimate of drug-likeness (QED) is 0.947. The number of benzene rings is 1. The van der Waals surface area contributed by atoms with E-state index in [2.05, 4.69) is 4.98 Å². The number of hydrogen-bond acceptors (Lipinski definition) is 4. The van der Waals surface area contributed by atoms with Crippen LogP contribution in [0, 0.1) is 25.5 Å². The maximum atomic E-state index is 14.0. The Morgan fingerprint density at radius 3 is 2.82 bits per heavy atom. The fourth-order valence-corrected chi connectivity index (χ4v) is 2.93. The number of β-amino-alcohol motifs (C(OH)–C–C–N with tert-alkyl or cyclic N) is 1. The molecule has 1 saturated heterocycles. The lowest BCUT2D eigenvalue weighted by atomic mass is 10.0. The number of aromatic nitrogens is 1. The average molecular weight is 308 g/mol. The van der Waals surface area contributed by atoms with Crippen molar-refractivity contribution in [1.82, 2.24) is 9.88 Å². The van der Waals surface area contributed by atoms with E-state index in [9.17, 15) is 13.9 Å². The number of aliphatic hydroxyl groups excluding tert-OH is 1. The van der Waals surface area contributed by atoms with Gasteiger partial charge in [-0.1, -0.05) is 0 Å². The number of rotatable bonds is 3. The van der Waals surface area contributed by atoms with Crippen molar-refractivity contribution in [3.8, 4) is 0 Å². The third-order valence-corrected chi connectivity index (χ3v) is 4.11. The minimum Gasteiger partial charge on any atom is -0.444 e. The summed E-state index contributed by atoms with van der Waals surface area (Å²) in [5, 5.41) is 9.92. The van der Waals surface area contributed by atoms with Gasteiger partial charge in [0.25, 0.3) is 0 Å². The van der Waals surface area contributed by atoms with Crippen molar-refractivity contribution >= 4 is 0 Å². The van der Waals surface area contributed by atoms with Gasteiger partial charge >= 0.3 is 0 Å². The summed E-state index contributed by atoms with van der Waals surface area (Å²) in [5.74, 6) is 0.306. The number of hydrogen-bond donors (Lipinski definition) is 1. The topological polar surface area (TPSA) is 49.5 Å². The van der Waals surface area contributed by atoms with Crippen LogP contribution in [0.4, 0.5) is 8.78 Å². The van der Waals surface area contributed by atoms with Crippen LogP contribution < -0.4 is 0 Å². The molecule has 1 N–H and O–H groups in total. The first-order valence-corrected chi connectivity index (χ1v) is 7.24. The smallest absolute Gasteiger partial charge is 0.208 e. The Kier molecular flexibility index (Phi) is 3.97. The van der Waals surface area contributed by atoms with Crippen LogP contribution in [-0.2, 0) is 6.54 Å². The molecule has 22 heavy (non-hydrogen) atoms. The molecule has 6 heteroatoms. The van der Waals surface area contributed by atoms with Crippen molar-refractivity contribution < 1.29 is 18.3 Å². The Morgan fingerprint density at radius 2 is 2.14 bits per heavy atom. The molecule has 0 bridgehead atoms. The number of nitrogens with zero attached hydrogens (tertiary/aromatic N) is 2. The van der Waals surface area contributed by atoms with Gasteiger partial charge < -0.3 is 9.52 Å². The average Bonchev–Trinajstić information content (AvgIpc) is 2.96. The van der Waals surface area contributed by atoms with E-state index in [0.717, 1.165) is 23.6 Å². The van der Waals surface area contributed by atoms with Gasteiger partial charge in [0.1, 0.15) is 17.4 Å². The van der Waals surface area contributed by atoms with Crippen LogP contribution in [-0.4, -0.2) is 27.6 Å². The molecule has 1 aliphatic heterocycles. The van der Waals surface area contributed by atoms with Gasteiger partial charge in [0, 0.05) is 18.2 Å². The molecule has 0 amide bonds. The molecule has 0 saturated carbocycles. The van der Waals surface area contributed by atoms with E-state index in [1.165, 1.54) is 6.07 Å². The molecule has 1 aromatic carbocycles. The van der Waals surface area contributed by atoms with Crippen LogP contribution in [0.2, 0.25) is 0 Å². The van der Waals surface area contributed by atoms with Crippen LogP contribution in [0.3, 0.4) is 0 Å². The lowest BCUT2D eigenvalue weighted by molar-refractivity contribution is 0.166. The highest BCUT2D eigenvalue weighted by atomic mass is 19.1. The zero-order valence-corrected chi connectivity index (χ0v) is 12.5. The second-order valence-electron chi connectivity index (χ2n) is 5.75. The largest absolute Gasteiger partial charge is 0.444 e. The number of aliphatic hydroxyl groups is 1. The summed E-state index contributed by atoms with van der Waals surface area (Å²) in [6.45, 7) is 4.41. The van der Waals surface area contributed by atoms with E-state index in [4.69, 9.17) is 4.42 Å². The summed E-state index contributed by atoms with van der Waals surface area (Å²) in [4.78, 5) is 6.18. The van der Waals surface area contributed by atoms with Crippen LogP contribution in [0.25, 0.3) is 0 Å². The molecule has 0 aliphatic carbocycles. The maximum absolute atomic E-state index is 14.0. The standard InChI is InChI=1S/C16H18F2N2O2/c1-9-10(2)22-16(19-9)8-20-7-12(21)6-15(20)13-5-11(17)3-4-14(13)18/h3-5,12,15,21H,6-8H2,1-2H3/t12-,15-/m0/s1. The van der Waals surface area contributed by atoms with Gasteiger partial charge in [0.2, 0.25) is 5.89 Å². The number of oxazole rings is 1. The van der Waals surface area contributed by atoms with Crippen LogP contribution in [0.5, 0.6) is 0 Å². The van der Waals surface area contributed by atoms with Crippen molar-refractivity contribution in [3.05, 3.63) is 52.7 Å². The number of halogens is 2. The van der Waals surface area contributed by atoms with Crippen molar-refractivity contribution in [2.75, 3.05) is 6.54 Å². The lowest BCUT2D eigenvalue weighted by Gasteiger charge is -2.23. The van der Waals surface area contributed by atoms with Gasteiger partial charge in [-0.2, -0.15) is 0 Å². The highest BCUT2D eigenvalue weighted by molar-refractivity contribution is 5.24. The zero-order valence-electron chi connectivity index (χ0n) is 12.5. The Hall–Kier alpha value is -1.79. The summed E-state index contributed by atoms with van der Waals surface area (Å²) in [6.07, 6.45) is -0.219. The van der Waals surface area contributed by atoms with E-state index < -0.39 is 23.8 Å². The lowest BCUT2D eigenvalue weighted by Crippen LogP contribution is -2.25. The monoisotopic (exact) mass is 308 g/mol. The predicted octanol–water partition coefficient (Wildman–Crippen LogP) is 2.88. The number of likely N-dealkylation sites (tertiary alicyclic amines) is 1. The number of aryl methyl sites for hydroxylation is 2. The van der Waals surface area contributed by atoms with Gasteiger partial charge in [0.05, 0.1) is 18.3 Å². The zero-order chi connectivity index (χ0) is 15.9. The molecule has 1 aliphatic rings. The Bertz CT molecular complexity index is 667. The van der Waals surface area contributed by atoms with Crippen LogP contribution >= 0.6 is 0 Å². The molecule has 1 fully saturated rings. The SMILES string of the molecule is Cc1nc(CN2C[C@@H](O)C[C@H]2c2cc(F)ccc2F)oc1C. The summed E-state index contributed by atoms with van der Waals surface area (Å²) in [6, 6.07) is 3.01. The maximum Gasteiger partial charge on any atom is 0.208 e. The second-order valence-corrected chi connectivity index (χ2v) is 5.75. The van der Waals surface area contributed by atoms with Gasteiger partial charge in [-0.05, 0) is 38.5 Å². The first kappa shape index (κ1) is 15.1. The molecule has 4 nitrogen and oxygen atoms in total. The molecule has 0 radical (unpaired) electrons. The minimum atomic E-state index is -0.579. The Balaban J connectivity index is 1.87. The molecule has 1 aromatic heterocycles. The Labute approximate surface area is 127 Å². The van der Waals surface area contributed by atoms with Crippen LogP contribution in [0.15, 0.2) is 22.6 Å². The Morgan fingerprint density at radius 1 is 1.36 bits per heavy atom. The van der Waals surface area contributed by atoms with E-state index >= 15 is 0 Å². The summed E-state index contributed by atoms with van der Waals surface area (Å²) in [7, 11) is 0. The fraction of sp³-hybridized carbons (Fsp3) is 0.438. The van der Waals surface area contributed by atoms with Gasteiger partial charge in [-0.25, -0.2) is 13.8 Å². The summed E-state index contributed by atoms with van der Waals surface area (Å²) < 4.78 is 33.0. The van der Waals surface area contributed by atoms with E-state index in [1.807, 2.05) is 18.7 Å². The van der Waals surface area contributed by atoms with E-state index in [0.29, 0.717) is 25.4 Å². The van der Waals surface area contributed by atoms with E-state index in [1.54, 1.807) is 0 Å². The van der Waals surface area contributed by atoms with Gasteiger partial charge in [-0.3, -0.25) is 4.90 Å². The third kappa shape index (κ3) is 2.89. The first-order valence-electron chi connectivity index (χ1n) is 7.24. The highest BCUT2D eigenvalue weighted by Crippen LogP contribution is 2.35. The van der Waals surface area contributed by atoms with Crippen molar-refractivity contribution in [3.63, 3.8) is 0 Å². The molecule has 118 valence electrons. The normalized spacial score (nSPS) is 22.4. The minimum absolute atomic E-state index is 0.261. The van der Waals surface area contributed by atoms with Gasteiger partial charge in [-0.15, -0.1) is 0 Å². The summed E-state index contributed by atoms with van der Waals surface area (Å²) >= 11 is 0. The van der Waals surface area contributed by atoms with Crippen LogP contribution in [0.1, 0.15) is 35.4 Å². The third-order valence-electron chi connectivity index (χ3n) is 4.11. The first-order chi connectivity index (χ1) is 10.4. The molecule has 0 spiro atoms. The highest BCUT2D eigenvalue weighted by Gasteiger charge is 2.34. The molecule has 2 heterocycles. The predicted molar refractivity (Wildman–Crippen MR) is 76.1 cm³/mol. The van der Waals surface area contributed by atoms with Crippen molar-refractivity contribution in [1.29, 1.82) is 0 Å². The van der Waals surface area contributed by atoms with Gasteiger partial charge in [0.15, 0.2) is 0 Å². The second kappa shape index (κ2) is 5.78. The van der Waals surface area contributed by atoms with E-state index in [-0.39, 0.29) is 5.56 Å². The fourth-order valence-electron chi connectivity index (χ4n) is 2.93.